The first-order valence-corrected chi connectivity index (χ1v) is 9.56. The van der Waals surface area contributed by atoms with Crippen molar-refractivity contribution in [2.75, 3.05) is 6.54 Å². The Kier molecular flexibility index (Phi) is 5.71. The Morgan fingerprint density at radius 3 is 2.72 bits per heavy atom. The molecule has 0 spiro atoms. The fraction of sp³-hybridized carbons (Fsp3) is 0.778. The Balaban J connectivity index is 1.55. The fourth-order valence-electron chi connectivity index (χ4n) is 3.61. The quantitative estimate of drug-likeness (QED) is 0.853. The van der Waals surface area contributed by atoms with Gasteiger partial charge in [-0.25, -0.2) is 0 Å². The zero-order valence-corrected chi connectivity index (χ0v) is 15.3. The van der Waals surface area contributed by atoms with Gasteiger partial charge in [-0.2, -0.15) is 0 Å². The van der Waals surface area contributed by atoms with Crippen LogP contribution in [-0.2, 0) is 11.3 Å². The van der Waals surface area contributed by atoms with Crippen molar-refractivity contribution in [3.63, 3.8) is 0 Å². The van der Waals surface area contributed by atoms with Gasteiger partial charge in [-0.15, -0.1) is 5.10 Å². The molecule has 1 aliphatic heterocycles. The molecule has 2 fully saturated rings. The van der Waals surface area contributed by atoms with E-state index < -0.39 is 0 Å². The van der Waals surface area contributed by atoms with Crippen molar-refractivity contribution in [2.45, 2.75) is 77.4 Å². The summed E-state index contributed by atoms with van der Waals surface area (Å²) in [5.41, 5.74) is 0.347. The molecule has 2 aliphatic rings. The van der Waals surface area contributed by atoms with Crippen LogP contribution in [0.25, 0.3) is 0 Å². The Morgan fingerprint density at radius 2 is 2.04 bits per heavy atom. The number of hydrogen-bond donors (Lipinski definition) is 1. The molecule has 3 rings (SSSR count). The number of piperidine rings is 1. The third-order valence-electron chi connectivity index (χ3n) is 5.25. The number of aryl methyl sites for hydroxylation is 1. The summed E-state index contributed by atoms with van der Waals surface area (Å²) >= 11 is 0. The van der Waals surface area contributed by atoms with E-state index in [1.807, 2.05) is 13.8 Å². The maximum absolute atomic E-state index is 12.6. The van der Waals surface area contributed by atoms with E-state index in [1.165, 1.54) is 12.8 Å². The molecule has 0 aromatic carbocycles. The van der Waals surface area contributed by atoms with Crippen molar-refractivity contribution in [1.29, 1.82) is 0 Å². The molecule has 1 N–H and O–H groups in total. The molecule has 1 aromatic heterocycles. The maximum Gasteiger partial charge on any atom is 0.273 e. The summed E-state index contributed by atoms with van der Waals surface area (Å²) in [4.78, 5) is 26.7. The molecule has 1 saturated carbocycles. The number of likely N-dealkylation sites (tertiary alicyclic amines) is 1. The van der Waals surface area contributed by atoms with Crippen LogP contribution < -0.4 is 5.32 Å². The summed E-state index contributed by atoms with van der Waals surface area (Å²) in [5, 5.41) is 10.8. The molecule has 2 amide bonds. The van der Waals surface area contributed by atoms with Gasteiger partial charge in [-0.1, -0.05) is 11.6 Å². The van der Waals surface area contributed by atoms with Crippen molar-refractivity contribution in [3.8, 4) is 0 Å². The van der Waals surface area contributed by atoms with E-state index >= 15 is 0 Å². The van der Waals surface area contributed by atoms with Crippen molar-refractivity contribution in [2.24, 2.45) is 5.92 Å². The molecule has 7 heteroatoms. The van der Waals surface area contributed by atoms with Gasteiger partial charge in [0.25, 0.3) is 5.91 Å². The fourth-order valence-corrected chi connectivity index (χ4v) is 3.61. The topological polar surface area (TPSA) is 80.1 Å². The van der Waals surface area contributed by atoms with Gasteiger partial charge < -0.3 is 10.2 Å². The van der Waals surface area contributed by atoms with Crippen LogP contribution in [0.5, 0.6) is 0 Å². The number of carbonyl (C=O) groups is 2. The van der Waals surface area contributed by atoms with Crippen LogP contribution in [0.3, 0.4) is 0 Å². The number of nitrogens with zero attached hydrogens (tertiary/aromatic N) is 4. The smallest absolute Gasteiger partial charge is 0.273 e. The molecule has 1 atom stereocenters. The van der Waals surface area contributed by atoms with Crippen LogP contribution in [0.2, 0.25) is 0 Å². The van der Waals surface area contributed by atoms with Crippen LogP contribution in [-0.4, -0.2) is 50.3 Å². The minimum atomic E-state index is -0.194. The lowest BCUT2D eigenvalue weighted by molar-refractivity contribution is -0.142. The molecule has 138 valence electrons. The predicted octanol–water partition coefficient (Wildman–Crippen LogP) is 1.99. The van der Waals surface area contributed by atoms with Crippen LogP contribution in [0, 0.1) is 5.92 Å². The minimum absolute atomic E-state index is 0.0750. The number of amides is 2. The van der Waals surface area contributed by atoms with Crippen molar-refractivity contribution in [1.82, 2.24) is 25.2 Å². The summed E-state index contributed by atoms with van der Waals surface area (Å²) in [6.07, 6.45) is 9.21. The van der Waals surface area contributed by atoms with Gasteiger partial charge in [0, 0.05) is 31.1 Å². The van der Waals surface area contributed by atoms with E-state index in [1.54, 1.807) is 10.9 Å². The van der Waals surface area contributed by atoms with E-state index in [2.05, 4.69) is 20.5 Å². The first-order valence-electron chi connectivity index (χ1n) is 9.56. The third kappa shape index (κ3) is 4.38. The lowest BCUT2D eigenvalue weighted by Gasteiger charge is -2.40. The second-order valence-corrected chi connectivity index (χ2v) is 7.59. The van der Waals surface area contributed by atoms with Gasteiger partial charge in [0.05, 0.1) is 6.20 Å². The SMILES string of the molecule is CC(C)NC(=O)c1cn(CC[C@@H]2CCCCN2C(=O)C2CCC2)nn1. The highest BCUT2D eigenvalue weighted by Gasteiger charge is 2.34. The second-order valence-electron chi connectivity index (χ2n) is 7.59. The van der Waals surface area contributed by atoms with Gasteiger partial charge in [0.2, 0.25) is 5.91 Å². The van der Waals surface area contributed by atoms with E-state index in [4.69, 9.17) is 0 Å². The molecule has 1 saturated heterocycles. The van der Waals surface area contributed by atoms with E-state index in [9.17, 15) is 9.59 Å². The van der Waals surface area contributed by atoms with E-state index in [-0.39, 0.29) is 17.9 Å². The minimum Gasteiger partial charge on any atom is -0.348 e. The summed E-state index contributed by atoms with van der Waals surface area (Å²) in [5.74, 6) is 0.422. The highest BCUT2D eigenvalue weighted by Crippen LogP contribution is 2.31. The number of nitrogens with one attached hydrogen (secondary N) is 1. The molecule has 7 nitrogen and oxygen atoms in total. The Hall–Kier alpha value is -1.92. The van der Waals surface area contributed by atoms with Crippen molar-refractivity contribution < 1.29 is 9.59 Å². The summed E-state index contributed by atoms with van der Waals surface area (Å²) in [7, 11) is 0. The monoisotopic (exact) mass is 347 g/mol. The average Bonchev–Trinajstić information content (AvgIpc) is 3.00. The first kappa shape index (κ1) is 17.9. The zero-order valence-electron chi connectivity index (χ0n) is 15.3. The van der Waals surface area contributed by atoms with Gasteiger partial charge in [0.15, 0.2) is 5.69 Å². The van der Waals surface area contributed by atoms with Crippen molar-refractivity contribution >= 4 is 11.8 Å². The van der Waals surface area contributed by atoms with Gasteiger partial charge in [0.1, 0.15) is 0 Å². The molecular weight excluding hydrogens is 318 g/mol. The molecule has 0 radical (unpaired) electrons. The molecular formula is C18H29N5O2. The first-order chi connectivity index (χ1) is 12.0. The van der Waals surface area contributed by atoms with Crippen molar-refractivity contribution in [3.05, 3.63) is 11.9 Å². The van der Waals surface area contributed by atoms with Gasteiger partial charge in [-0.3, -0.25) is 14.3 Å². The highest BCUT2D eigenvalue weighted by atomic mass is 16.2. The number of aromatic nitrogens is 3. The maximum atomic E-state index is 12.6. The Bertz CT molecular complexity index is 608. The lowest BCUT2D eigenvalue weighted by Crippen LogP contribution is -2.48. The largest absolute Gasteiger partial charge is 0.348 e. The van der Waals surface area contributed by atoms with Gasteiger partial charge >= 0.3 is 0 Å². The Morgan fingerprint density at radius 1 is 1.24 bits per heavy atom. The highest BCUT2D eigenvalue weighted by molar-refractivity contribution is 5.91. The van der Waals surface area contributed by atoms with Crippen LogP contribution >= 0.6 is 0 Å². The van der Waals surface area contributed by atoms with Gasteiger partial charge in [-0.05, 0) is 52.4 Å². The molecule has 2 heterocycles. The van der Waals surface area contributed by atoms with Crippen LogP contribution in [0.15, 0.2) is 6.20 Å². The Labute approximate surface area is 149 Å². The summed E-state index contributed by atoms with van der Waals surface area (Å²) in [6, 6.07) is 0.366. The summed E-state index contributed by atoms with van der Waals surface area (Å²) < 4.78 is 1.72. The lowest BCUT2D eigenvalue weighted by atomic mass is 9.83. The predicted molar refractivity (Wildman–Crippen MR) is 93.9 cm³/mol. The molecule has 25 heavy (non-hydrogen) atoms. The molecule has 0 unspecified atom stereocenters. The molecule has 0 bridgehead atoms. The van der Waals surface area contributed by atoms with Crippen LogP contribution in [0.4, 0.5) is 0 Å². The molecule has 1 aromatic rings. The number of hydrogen-bond acceptors (Lipinski definition) is 4. The zero-order chi connectivity index (χ0) is 17.8. The second kappa shape index (κ2) is 7.97. The third-order valence-corrected chi connectivity index (χ3v) is 5.25. The van der Waals surface area contributed by atoms with E-state index in [0.717, 1.165) is 38.6 Å². The average molecular weight is 347 g/mol. The number of carbonyl (C=O) groups excluding carboxylic acids is 2. The molecule has 1 aliphatic carbocycles. The number of rotatable bonds is 6. The summed E-state index contributed by atoms with van der Waals surface area (Å²) in [6.45, 7) is 5.40. The van der Waals surface area contributed by atoms with Crippen LogP contribution in [0.1, 0.15) is 69.3 Å². The normalized spacial score (nSPS) is 21.2. The van der Waals surface area contributed by atoms with E-state index in [0.29, 0.717) is 24.2 Å². The standard InChI is InChI=1S/C18H29N5O2/c1-13(2)19-17(24)16-12-22(21-20-16)11-9-15-8-3-4-10-23(15)18(25)14-6-5-7-14/h12-15H,3-11H2,1-2H3,(H,19,24)/t15-/m0/s1.